The monoisotopic (exact) mass is 449 g/mol. The van der Waals surface area contributed by atoms with Crippen molar-refractivity contribution in [1.82, 2.24) is 14.7 Å². The fraction of sp³-hybridized carbons (Fsp3) is 0.360. The van der Waals surface area contributed by atoms with Crippen molar-refractivity contribution in [2.75, 3.05) is 33.3 Å². The minimum absolute atomic E-state index is 0.0892. The number of hydrogen-bond donors (Lipinski definition) is 0. The number of carbonyl (C=O) groups is 4. The Bertz CT molecular complexity index is 1130. The molecule has 2 aliphatic heterocycles. The molecule has 172 valence electrons. The Morgan fingerprint density at radius 2 is 1.24 bits per heavy atom. The van der Waals surface area contributed by atoms with Gasteiger partial charge in [-0.3, -0.25) is 24.1 Å². The van der Waals surface area contributed by atoms with Crippen LogP contribution in [0.2, 0.25) is 0 Å². The number of imide groups is 1. The SMILES string of the molecule is COc1ccc(C(=O)N2CCN(C(=O)c3ccc4c(c3)C(=O)N(C(C)(C)C)C4=O)CC2)cc1. The van der Waals surface area contributed by atoms with Crippen molar-refractivity contribution >= 4 is 23.6 Å². The van der Waals surface area contributed by atoms with Crippen LogP contribution >= 0.6 is 0 Å². The molecule has 4 amide bonds. The molecular weight excluding hydrogens is 422 g/mol. The van der Waals surface area contributed by atoms with E-state index in [-0.39, 0.29) is 29.2 Å². The number of rotatable bonds is 3. The molecule has 0 aromatic heterocycles. The van der Waals surface area contributed by atoms with Crippen LogP contribution in [0.5, 0.6) is 5.75 Å². The first-order valence-electron chi connectivity index (χ1n) is 10.9. The van der Waals surface area contributed by atoms with Gasteiger partial charge >= 0.3 is 0 Å². The summed E-state index contributed by atoms with van der Waals surface area (Å²) in [4.78, 5) is 55.9. The van der Waals surface area contributed by atoms with Gasteiger partial charge in [0, 0.05) is 42.8 Å². The number of carbonyl (C=O) groups excluding carboxylic acids is 4. The molecule has 2 aromatic carbocycles. The van der Waals surface area contributed by atoms with Crippen molar-refractivity contribution in [1.29, 1.82) is 0 Å². The maximum Gasteiger partial charge on any atom is 0.262 e. The summed E-state index contributed by atoms with van der Waals surface area (Å²) in [5.74, 6) is -0.348. The summed E-state index contributed by atoms with van der Waals surface area (Å²) in [5, 5.41) is 0. The zero-order valence-corrected chi connectivity index (χ0v) is 19.3. The lowest BCUT2D eigenvalue weighted by molar-refractivity contribution is 0.0507. The van der Waals surface area contributed by atoms with Crippen LogP contribution in [0, 0.1) is 0 Å². The molecule has 0 radical (unpaired) electrons. The predicted molar refractivity (Wildman–Crippen MR) is 121 cm³/mol. The van der Waals surface area contributed by atoms with E-state index < -0.39 is 5.54 Å². The summed E-state index contributed by atoms with van der Waals surface area (Å²) in [6.07, 6.45) is 0. The number of nitrogens with zero attached hydrogens (tertiary/aromatic N) is 3. The van der Waals surface area contributed by atoms with Gasteiger partial charge in [0.25, 0.3) is 23.6 Å². The topological polar surface area (TPSA) is 87.2 Å². The molecule has 2 aromatic rings. The normalized spacial score (nSPS) is 16.2. The summed E-state index contributed by atoms with van der Waals surface area (Å²) in [5.41, 5.74) is 0.862. The molecule has 0 spiro atoms. The van der Waals surface area contributed by atoms with Gasteiger partial charge in [0.15, 0.2) is 0 Å². The molecule has 1 saturated heterocycles. The Hall–Kier alpha value is -3.68. The summed E-state index contributed by atoms with van der Waals surface area (Å²) in [7, 11) is 1.57. The van der Waals surface area contributed by atoms with Gasteiger partial charge in [0.1, 0.15) is 5.75 Å². The van der Waals surface area contributed by atoms with Gasteiger partial charge in [-0.1, -0.05) is 0 Å². The van der Waals surface area contributed by atoms with E-state index >= 15 is 0 Å². The van der Waals surface area contributed by atoms with Crippen molar-refractivity contribution in [2.24, 2.45) is 0 Å². The Balaban J connectivity index is 1.44. The zero-order chi connectivity index (χ0) is 23.9. The molecule has 4 rings (SSSR count). The number of methoxy groups -OCH3 is 1. The molecule has 2 heterocycles. The fourth-order valence-electron chi connectivity index (χ4n) is 4.19. The van der Waals surface area contributed by atoms with Crippen LogP contribution in [-0.2, 0) is 0 Å². The molecular formula is C25H27N3O5. The summed E-state index contributed by atoms with van der Waals surface area (Å²) >= 11 is 0. The lowest BCUT2D eigenvalue weighted by Gasteiger charge is -2.35. The molecule has 2 aliphatic rings. The Labute approximate surface area is 192 Å². The van der Waals surface area contributed by atoms with Crippen LogP contribution in [-0.4, -0.2) is 77.2 Å². The van der Waals surface area contributed by atoms with Gasteiger partial charge in [-0.15, -0.1) is 0 Å². The maximum absolute atomic E-state index is 13.1. The summed E-state index contributed by atoms with van der Waals surface area (Å²) in [6.45, 7) is 7.00. The average Bonchev–Trinajstić information content (AvgIpc) is 3.07. The van der Waals surface area contributed by atoms with Gasteiger partial charge < -0.3 is 14.5 Å². The van der Waals surface area contributed by atoms with Gasteiger partial charge in [-0.2, -0.15) is 0 Å². The second kappa shape index (κ2) is 8.35. The van der Waals surface area contributed by atoms with Crippen LogP contribution in [0.4, 0.5) is 0 Å². The Morgan fingerprint density at radius 3 is 1.76 bits per heavy atom. The van der Waals surface area contributed by atoms with Crippen LogP contribution in [0.1, 0.15) is 62.2 Å². The largest absolute Gasteiger partial charge is 0.497 e. The van der Waals surface area contributed by atoms with E-state index in [4.69, 9.17) is 4.74 Å². The molecule has 0 saturated carbocycles. The van der Waals surface area contributed by atoms with E-state index in [0.29, 0.717) is 48.6 Å². The van der Waals surface area contributed by atoms with E-state index in [0.717, 1.165) is 0 Å². The molecule has 0 atom stereocenters. The number of fused-ring (bicyclic) bond motifs is 1. The molecule has 0 unspecified atom stereocenters. The van der Waals surface area contributed by atoms with Crippen LogP contribution in [0.25, 0.3) is 0 Å². The average molecular weight is 450 g/mol. The quantitative estimate of drug-likeness (QED) is 0.673. The van der Waals surface area contributed by atoms with Crippen molar-refractivity contribution in [3.8, 4) is 5.75 Å². The summed E-state index contributed by atoms with van der Waals surface area (Å²) < 4.78 is 5.13. The smallest absolute Gasteiger partial charge is 0.262 e. The first-order valence-corrected chi connectivity index (χ1v) is 10.9. The van der Waals surface area contributed by atoms with Crippen molar-refractivity contribution < 1.29 is 23.9 Å². The lowest BCUT2D eigenvalue weighted by atomic mass is 10.0. The van der Waals surface area contributed by atoms with Crippen LogP contribution < -0.4 is 4.74 Å². The Morgan fingerprint density at radius 1 is 0.758 bits per heavy atom. The highest BCUT2D eigenvalue weighted by Crippen LogP contribution is 2.30. The lowest BCUT2D eigenvalue weighted by Crippen LogP contribution is -2.50. The minimum Gasteiger partial charge on any atom is -0.497 e. The van der Waals surface area contributed by atoms with Crippen LogP contribution in [0.3, 0.4) is 0 Å². The second-order valence-corrected chi connectivity index (χ2v) is 9.19. The number of amides is 4. The zero-order valence-electron chi connectivity index (χ0n) is 19.3. The summed E-state index contributed by atoms with van der Waals surface area (Å²) in [6, 6.07) is 11.6. The highest BCUT2D eigenvalue weighted by molar-refractivity contribution is 6.22. The van der Waals surface area contributed by atoms with Crippen molar-refractivity contribution in [2.45, 2.75) is 26.3 Å². The molecule has 0 N–H and O–H groups in total. The number of hydrogen-bond acceptors (Lipinski definition) is 5. The number of benzene rings is 2. The van der Waals surface area contributed by atoms with E-state index in [1.807, 2.05) is 0 Å². The Kier molecular flexibility index (Phi) is 5.69. The third-order valence-electron chi connectivity index (χ3n) is 6.00. The van der Waals surface area contributed by atoms with Gasteiger partial charge in [-0.05, 0) is 63.2 Å². The van der Waals surface area contributed by atoms with Crippen molar-refractivity contribution in [3.63, 3.8) is 0 Å². The van der Waals surface area contributed by atoms with Gasteiger partial charge in [0.05, 0.1) is 18.2 Å². The predicted octanol–water partition coefficient (Wildman–Crippen LogP) is 2.69. The third kappa shape index (κ3) is 4.08. The van der Waals surface area contributed by atoms with E-state index in [2.05, 4.69) is 0 Å². The van der Waals surface area contributed by atoms with E-state index in [9.17, 15) is 19.2 Å². The molecule has 33 heavy (non-hydrogen) atoms. The standard InChI is InChI=1S/C25H27N3O5/c1-25(2,3)28-23(31)19-10-7-17(15-20(19)24(28)32)22(30)27-13-11-26(12-14-27)21(29)16-5-8-18(33-4)9-6-16/h5-10,15H,11-14H2,1-4H3. The highest BCUT2D eigenvalue weighted by Gasteiger charge is 2.42. The molecule has 0 aliphatic carbocycles. The second-order valence-electron chi connectivity index (χ2n) is 9.19. The number of piperazine rings is 1. The molecule has 8 nitrogen and oxygen atoms in total. The first-order chi connectivity index (χ1) is 15.6. The molecule has 1 fully saturated rings. The highest BCUT2D eigenvalue weighted by atomic mass is 16.5. The third-order valence-corrected chi connectivity index (χ3v) is 6.00. The van der Waals surface area contributed by atoms with Crippen molar-refractivity contribution in [3.05, 3.63) is 64.7 Å². The number of ether oxygens (including phenoxy) is 1. The van der Waals surface area contributed by atoms with E-state index in [1.54, 1.807) is 74.1 Å². The van der Waals surface area contributed by atoms with Crippen LogP contribution in [0.15, 0.2) is 42.5 Å². The molecule has 0 bridgehead atoms. The first kappa shape index (κ1) is 22.5. The fourth-order valence-corrected chi connectivity index (χ4v) is 4.19. The maximum atomic E-state index is 13.1. The van der Waals surface area contributed by atoms with Gasteiger partial charge in [-0.25, -0.2) is 0 Å². The van der Waals surface area contributed by atoms with E-state index in [1.165, 1.54) is 11.0 Å². The minimum atomic E-state index is -0.649. The molecule has 8 heteroatoms. The van der Waals surface area contributed by atoms with Gasteiger partial charge in [0.2, 0.25) is 0 Å².